The summed E-state index contributed by atoms with van der Waals surface area (Å²) in [4.78, 5) is 0. The maximum atomic E-state index is 4.20. The second kappa shape index (κ2) is 15.9. The summed E-state index contributed by atoms with van der Waals surface area (Å²) in [7, 11) is -2.74. The maximum Gasteiger partial charge on any atom is 3.00 e. The predicted molar refractivity (Wildman–Crippen MR) is 192 cm³/mol. The fourth-order valence-corrected chi connectivity index (χ4v) is 13.4. The van der Waals surface area contributed by atoms with Gasteiger partial charge in [0, 0.05) is 0 Å². The van der Waals surface area contributed by atoms with E-state index in [1.54, 1.807) is 15.6 Å². The molecule has 0 aromatic heterocycles. The monoisotopic (exact) mass is 625 g/mol. The molecule has 1 aliphatic rings. The van der Waals surface area contributed by atoms with Crippen LogP contribution in [0, 0.1) is 20.9 Å². The van der Waals surface area contributed by atoms with E-state index in [2.05, 4.69) is 130 Å². The summed E-state index contributed by atoms with van der Waals surface area (Å²) in [5, 5.41) is 4.44. The summed E-state index contributed by atoms with van der Waals surface area (Å²) >= 11 is 0. The molecule has 1 atom stereocenters. The molecule has 0 bridgehead atoms. The van der Waals surface area contributed by atoms with E-state index in [4.69, 9.17) is 0 Å². The molecule has 0 N–H and O–H groups in total. The quantitative estimate of drug-likeness (QED) is 0.120. The van der Waals surface area contributed by atoms with Gasteiger partial charge in [0.05, 0.1) is 0 Å². The predicted octanol–water partition coefficient (Wildman–Crippen LogP) is 9.29. The second-order valence-electron chi connectivity index (χ2n) is 12.1. The van der Waals surface area contributed by atoms with Crippen molar-refractivity contribution in [1.82, 2.24) is 0 Å². The summed E-state index contributed by atoms with van der Waals surface area (Å²) in [5.74, 6) is 0. The molecule has 0 heterocycles. The van der Waals surface area contributed by atoms with Crippen LogP contribution >= 0.6 is 0 Å². The minimum atomic E-state index is -2.74. The van der Waals surface area contributed by atoms with Crippen molar-refractivity contribution in [1.29, 1.82) is 0 Å². The molecular formula is C41H57SiTi. The van der Waals surface area contributed by atoms with Gasteiger partial charge in [0.1, 0.15) is 8.07 Å². The zero-order valence-corrected chi connectivity index (χ0v) is 32.0. The van der Waals surface area contributed by atoms with Crippen LogP contribution in [0.2, 0.25) is 5.04 Å². The number of aryl methyl sites for hydroxylation is 6. The molecule has 1 aliphatic carbocycles. The first kappa shape index (κ1) is 39.1. The fourth-order valence-electron chi connectivity index (χ4n) is 7.12. The Kier molecular flexibility index (Phi) is 14.4. The van der Waals surface area contributed by atoms with E-state index in [-0.39, 0.29) is 41.6 Å². The zero-order chi connectivity index (χ0) is 29.2. The minimum absolute atomic E-state index is 0. The Balaban J connectivity index is 0.00000308. The summed E-state index contributed by atoms with van der Waals surface area (Å²) in [6.07, 6.45) is 10.5. The van der Waals surface area contributed by atoms with E-state index in [1.165, 1.54) is 50.1 Å². The van der Waals surface area contributed by atoms with Gasteiger partial charge in [0.2, 0.25) is 0 Å². The molecule has 1 radical (unpaired) electrons. The molecule has 0 saturated carbocycles. The number of rotatable bonds is 10. The largest absolute Gasteiger partial charge is 3.00 e. The molecule has 3 aromatic rings. The van der Waals surface area contributed by atoms with Gasteiger partial charge in [-0.2, -0.15) is 11.1 Å². The van der Waals surface area contributed by atoms with E-state index in [1.807, 2.05) is 0 Å². The molecule has 0 spiro atoms. The third-order valence-electron chi connectivity index (χ3n) is 9.97. The van der Waals surface area contributed by atoms with Crippen molar-refractivity contribution in [2.75, 3.05) is 0 Å². The molecule has 43 heavy (non-hydrogen) atoms. The number of hydrogen-bond donors (Lipinski definition) is 0. The molecule has 0 aliphatic heterocycles. The second-order valence-corrected chi connectivity index (χ2v) is 16.3. The minimum Gasteiger partial charge on any atom is -0.358 e. The van der Waals surface area contributed by atoms with Gasteiger partial charge in [0.25, 0.3) is 0 Å². The van der Waals surface area contributed by atoms with E-state index in [0.717, 1.165) is 38.5 Å². The van der Waals surface area contributed by atoms with Crippen molar-refractivity contribution in [3.8, 4) is 0 Å². The van der Waals surface area contributed by atoms with Crippen LogP contribution in [0.4, 0.5) is 0 Å². The van der Waals surface area contributed by atoms with Crippen LogP contribution in [0.3, 0.4) is 0 Å². The van der Waals surface area contributed by atoms with Gasteiger partial charge in [-0.25, -0.2) is 5.57 Å². The van der Waals surface area contributed by atoms with Crippen LogP contribution in [0.5, 0.6) is 0 Å². The first-order valence-corrected chi connectivity index (χ1v) is 17.8. The third kappa shape index (κ3) is 6.85. The van der Waals surface area contributed by atoms with Crippen molar-refractivity contribution in [3.63, 3.8) is 0 Å². The third-order valence-corrected chi connectivity index (χ3v) is 15.4. The van der Waals surface area contributed by atoms with Gasteiger partial charge in [0.15, 0.2) is 0 Å². The fraction of sp³-hybridized carbons (Fsp3) is 0.415. The zero-order valence-electron chi connectivity index (χ0n) is 29.4. The van der Waals surface area contributed by atoms with Gasteiger partial charge < -0.3 is 14.9 Å². The molecule has 4 rings (SSSR count). The Labute approximate surface area is 282 Å². The number of allylic oxidation sites excluding steroid dienone is 4. The van der Waals surface area contributed by atoms with Crippen LogP contribution in [-0.2, 0) is 60.2 Å². The molecule has 1 unspecified atom stereocenters. The Hall–Kier alpha value is -1.93. The van der Waals surface area contributed by atoms with E-state index < -0.39 is 8.07 Å². The smallest absolute Gasteiger partial charge is 0.358 e. The van der Waals surface area contributed by atoms with Crippen molar-refractivity contribution < 1.29 is 21.7 Å². The van der Waals surface area contributed by atoms with Crippen molar-refractivity contribution >= 4 is 23.6 Å². The topological polar surface area (TPSA) is 0 Å². The number of hydrogen-bond acceptors (Lipinski definition) is 0. The molecule has 229 valence electrons. The average Bonchev–Trinajstić information content (AvgIpc) is 3.19. The molecular weight excluding hydrogens is 568 g/mol. The Morgan fingerprint density at radius 3 is 0.953 bits per heavy atom. The maximum absolute atomic E-state index is 4.20. The van der Waals surface area contributed by atoms with Gasteiger partial charge in [-0.3, -0.25) is 6.08 Å². The first-order valence-electron chi connectivity index (χ1n) is 15.8. The van der Waals surface area contributed by atoms with Crippen molar-refractivity contribution in [3.05, 3.63) is 126 Å². The van der Waals surface area contributed by atoms with Crippen molar-refractivity contribution in [2.24, 2.45) is 0 Å². The summed E-state index contributed by atoms with van der Waals surface area (Å²) in [6, 6.07) is 22.8. The van der Waals surface area contributed by atoms with Gasteiger partial charge in [-0.1, -0.05) is 122 Å². The normalized spacial score (nSPS) is 16.3. The molecule has 0 fully saturated rings. The van der Waals surface area contributed by atoms with Crippen LogP contribution in [0.1, 0.15) is 103 Å². The first-order chi connectivity index (χ1) is 19.1. The number of benzene rings is 3. The summed E-state index contributed by atoms with van der Waals surface area (Å²) < 4.78 is 0. The van der Waals surface area contributed by atoms with E-state index in [0.29, 0.717) is 0 Å². The van der Waals surface area contributed by atoms with E-state index in [9.17, 15) is 0 Å². The molecule has 2 heteroatoms. The van der Waals surface area contributed by atoms with Gasteiger partial charge in [-0.05, 0) is 87.5 Å². The van der Waals surface area contributed by atoms with E-state index >= 15 is 0 Å². The average molecular weight is 626 g/mol. The summed E-state index contributed by atoms with van der Waals surface area (Å²) in [5.41, 5.74) is 13.0. The SMILES string of the molecule is CCc1cc(CC)cc([Si](c2cc(CC)cc(CC)c2)(c2cc(CC)cc(CC)c2)C2(C)[C-]=C(C)C(C)=C2C)c1.[CH3-].[CH3-].[Ti+3]. The van der Waals surface area contributed by atoms with Crippen LogP contribution in [0.25, 0.3) is 0 Å². The van der Waals surface area contributed by atoms with Crippen molar-refractivity contribution in [2.45, 2.75) is 113 Å². The molecule has 3 aromatic carbocycles. The molecule has 0 saturated heterocycles. The standard InChI is InChI=1S/C39H51Si.2CH3.Ti/c1-11-30-17-31(12-2)21-36(20-30)40(39(10)26-27(7)28(8)29(39)9,37-22-32(13-3)18-33(14-4)23-37)38-24-34(15-5)19-35(16-6)25-38;;;/h17-25H,11-16H2,1-10H3;2*1H3;/q3*-1;+3. The summed E-state index contributed by atoms with van der Waals surface area (Å²) in [6.45, 7) is 23.4. The Morgan fingerprint density at radius 1 is 0.512 bits per heavy atom. The van der Waals surface area contributed by atoms with Gasteiger partial charge >= 0.3 is 21.7 Å². The molecule has 0 amide bonds. The molecule has 0 nitrogen and oxygen atoms in total. The van der Waals surface area contributed by atoms with Crippen LogP contribution in [0.15, 0.2) is 71.3 Å². The van der Waals surface area contributed by atoms with Crippen LogP contribution in [-0.4, -0.2) is 8.07 Å². The van der Waals surface area contributed by atoms with Gasteiger partial charge in [-0.15, -0.1) is 6.92 Å². The Bertz CT molecular complexity index is 1260. The Morgan fingerprint density at radius 2 is 0.767 bits per heavy atom. The van der Waals surface area contributed by atoms with Crippen LogP contribution < -0.4 is 15.6 Å².